The van der Waals surface area contributed by atoms with Crippen molar-refractivity contribution in [3.63, 3.8) is 0 Å². The van der Waals surface area contributed by atoms with Crippen LogP contribution in [0.1, 0.15) is 49.9 Å². The number of aromatic nitrogens is 4. The molecular weight excluding hydrogens is 350 g/mol. The predicted octanol–water partition coefficient (Wildman–Crippen LogP) is 4.18. The summed E-state index contributed by atoms with van der Waals surface area (Å²) in [5.74, 6) is 1.85. The molecule has 1 aromatic carbocycles. The number of hydrogen-bond donors (Lipinski definition) is 0. The molecule has 2 aromatic heterocycles. The Labute approximate surface area is 157 Å². The molecule has 1 aliphatic rings. The molecule has 1 fully saturated rings. The molecule has 0 atom stereocenters. The van der Waals surface area contributed by atoms with Gasteiger partial charge in [0.2, 0.25) is 5.95 Å². The van der Waals surface area contributed by atoms with Crippen LogP contribution in [-0.2, 0) is 12.8 Å². The SMILES string of the molecule is CCc1nnc(N2CCC(c3nc4cc(Cl)ccc4o3)CC2)nc1CC. The summed E-state index contributed by atoms with van der Waals surface area (Å²) in [5, 5.41) is 9.37. The molecule has 1 saturated heterocycles. The Kier molecular flexibility index (Phi) is 4.76. The van der Waals surface area contributed by atoms with E-state index in [-0.39, 0.29) is 0 Å². The highest BCUT2D eigenvalue weighted by atomic mass is 35.5. The van der Waals surface area contributed by atoms with Crippen molar-refractivity contribution in [1.29, 1.82) is 0 Å². The van der Waals surface area contributed by atoms with Gasteiger partial charge < -0.3 is 9.32 Å². The monoisotopic (exact) mass is 371 g/mol. The zero-order chi connectivity index (χ0) is 18.1. The molecule has 1 aliphatic heterocycles. The summed E-state index contributed by atoms with van der Waals surface area (Å²) in [5.41, 5.74) is 3.67. The van der Waals surface area contributed by atoms with Crippen molar-refractivity contribution >= 4 is 28.6 Å². The molecule has 6 nitrogen and oxygen atoms in total. The van der Waals surface area contributed by atoms with Crippen LogP contribution in [0.25, 0.3) is 11.1 Å². The summed E-state index contributed by atoms with van der Waals surface area (Å²) in [7, 11) is 0. The highest BCUT2D eigenvalue weighted by Crippen LogP contribution is 2.31. The van der Waals surface area contributed by atoms with E-state index in [4.69, 9.17) is 21.0 Å². The number of anilines is 1. The third kappa shape index (κ3) is 3.26. The summed E-state index contributed by atoms with van der Waals surface area (Å²) >= 11 is 6.04. The van der Waals surface area contributed by atoms with E-state index < -0.39 is 0 Å². The number of hydrogen-bond acceptors (Lipinski definition) is 6. The third-order valence-electron chi connectivity index (χ3n) is 4.99. The Hall–Kier alpha value is -2.21. The number of aryl methyl sites for hydroxylation is 2. The van der Waals surface area contributed by atoms with Crippen LogP contribution in [0.4, 0.5) is 5.95 Å². The van der Waals surface area contributed by atoms with Crippen LogP contribution in [0.5, 0.6) is 0 Å². The smallest absolute Gasteiger partial charge is 0.245 e. The van der Waals surface area contributed by atoms with Crippen molar-refractivity contribution in [2.24, 2.45) is 0 Å². The predicted molar refractivity (Wildman–Crippen MR) is 102 cm³/mol. The number of halogens is 1. The summed E-state index contributed by atoms with van der Waals surface area (Å²) in [6.45, 7) is 5.95. The molecule has 136 valence electrons. The van der Waals surface area contributed by atoms with E-state index in [2.05, 4.69) is 33.9 Å². The highest BCUT2D eigenvalue weighted by Gasteiger charge is 2.26. The Bertz CT molecular complexity index is 917. The van der Waals surface area contributed by atoms with E-state index in [1.54, 1.807) is 0 Å². The molecule has 3 aromatic rings. The summed E-state index contributed by atoms with van der Waals surface area (Å²) < 4.78 is 5.94. The Balaban J connectivity index is 1.48. The molecule has 0 aliphatic carbocycles. The summed E-state index contributed by atoms with van der Waals surface area (Å²) in [4.78, 5) is 11.6. The van der Waals surface area contributed by atoms with Gasteiger partial charge in [-0.1, -0.05) is 25.4 Å². The normalized spacial score (nSPS) is 15.7. The Morgan fingerprint density at radius 3 is 2.58 bits per heavy atom. The molecule has 0 bridgehead atoms. The molecule has 3 heterocycles. The molecule has 0 N–H and O–H groups in total. The van der Waals surface area contributed by atoms with E-state index >= 15 is 0 Å². The first-order chi connectivity index (χ1) is 12.7. The van der Waals surface area contributed by atoms with Gasteiger partial charge in [-0.25, -0.2) is 9.97 Å². The molecule has 0 unspecified atom stereocenters. The van der Waals surface area contributed by atoms with Gasteiger partial charge in [-0.05, 0) is 43.9 Å². The minimum Gasteiger partial charge on any atom is -0.440 e. The number of rotatable bonds is 4. The molecule has 0 amide bonds. The fourth-order valence-corrected chi connectivity index (χ4v) is 3.65. The van der Waals surface area contributed by atoms with Crippen molar-refractivity contribution in [2.45, 2.75) is 45.4 Å². The second-order valence-electron chi connectivity index (χ2n) is 6.64. The summed E-state index contributed by atoms with van der Waals surface area (Å²) in [6, 6.07) is 5.56. The van der Waals surface area contributed by atoms with Gasteiger partial charge in [0.25, 0.3) is 0 Å². The largest absolute Gasteiger partial charge is 0.440 e. The van der Waals surface area contributed by atoms with Gasteiger partial charge in [0.05, 0.1) is 11.4 Å². The maximum atomic E-state index is 6.04. The fraction of sp³-hybridized carbons (Fsp3) is 0.474. The average Bonchev–Trinajstić information content (AvgIpc) is 3.10. The Morgan fingerprint density at radius 2 is 1.85 bits per heavy atom. The maximum absolute atomic E-state index is 6.04. The van der Waals surface area contributed by atoms with Crippen molar-refractivity contribution in [3.8, 4) is 0 Å². The van der Waals surface area contributed by atoms with E-state index in [9.17, 15) is 0 Å². The van der Waals surface area contributed by atoms with E-state index in [0.29, 0.717) is 10.9 Å². The molecule has 0 radical (unpaired) electrons. The van der Waals surface area contributed by atoms with Crippen molar-refractivity contribution in [2.75, 3.05) is 18.0 Å². The lowest BCUT2D eigenvalue weighted by Gasteiger charge is -2.30. The number of piperidine rings is 1. The van der Waals surface area contributed by atoms with Gasteiger partial charge in [0.1, 0.15) is 5.52 Å². The number of nitrogens with zero attached hydrogens (tertiary/aromatic N) is 5. The fourth-order valence-electron chi connectivity index (χ4n) is 3.48. The number of fused-ring (bicyclic) bond motifs is 1. The zero-order valence-corrected chi connectivity index (χ0v) is 15.8. The van der Waals surface area contributed by atoms with Gasteiger partial charge >= 0.3 is 0 Å². The van der Waals surface area contributed by atoms with Gasteiger partial charge in [-0.3, -0.25) is 0 Å². The van der Waals surface area contributed by atoms with Crippen molar-refractivity contribution in [1.82, 2.24) is 20.2 Å². The summed E-state index contributed by atoms with van der Waals surface area (Å²) in [6.07, 6.45) is 3.67. The molecule has 7 heteroatoms. The standard InChI is InChI=1S/C19H22ClN5O/c1-3-14-15(4-2)23-24-19(22-14)25-9-7-12(8-10-25)18-21-16-11-13(20)5-6-17(16)26-18/h5-6,11-12H,3-4,7-10H2,1-2H3. The molecule has 4 rings (SSSR count). The van der Waals surface area contributed by atoms with E-state index in [1.807, 2.05) is 18.2 Å². The van der Waals surface area contributed by atoms with Gasteiger partial charge in [-0.2, -0.15) is 5.10 Å². The topological polar surface area (TPSA) is 67.9 Å². The first kappa shape index (κ1) is 17.2. The van der Waals surface area contributed by atoms with Crippen LogP contribution >= 0.6 is 11.6 Å². The minimum atomic E-state index is 0.311. The van der Waals surface area contributed by atoms with E-state index in [0.717, 1.165) is 73.1 Å². The molecule has 26 heavy (non-hydrogen) atoms. The number of benzene rings is 1. The second-order valence-corrected chi connectivity index (χ2v) is 7.07. The van der Waals surface area contributed by atoms with Gasteiger partial charge in [0, 0.05) is 24.0 Å². The highest BCUT2D eigenvalue weighted by molar-refractivity contribution is 6.31. The lowest BCUT2D eigenvalue weighted by atomic mass is 9.97. The van der Waals surface area contributed by atoms with Crippen LogP contribution in [0.15, 0.2) is 22.6 Å². The molecule has 0 saturated carbocycles. The van der Waals surface area contributed by atoms with Crippen LogP contribution in [-0.4, -0.2) is 33.3 Å². The van der Waals surface area contributed by atoms with Crippen molar-refractivity contribution < 1.29 is 4.42 Å². The molecular formula is C19H22ClN5O. The Morgan fingerprint density at radius 1 is 1.08 bits per heavy atom. The van der Waals surface area contributed by atoms with Gasteiger partial charge in [-0.15, -0.1) is 5.10 Å². The average molecular weight is 372 g/mol. The van der Waals surface area contributed by atoms with Crippen molar-refractivity contribution in [3.05, 3.63) is 40.5 Å². The molecule has 0 spiro atoms. The third-order valence-corrected chi connectivity index (χ3v) is 5.23. The zero-order valence-electron chi connectivity index (χ0n) is 15.1. The second kappa shape index (κ2) is 7.19. The quantitative estimate of drug-likeness (QED) is 0.685. The lowest BCUT2D eigenvalue weighted by Crippen LogP contribution is -2.34. The van der Waals surface area contributed by atoms with Crippen LogP contribution in [0, 0.1) is 0 Å². The first-order valence-electron chi connectivity index (χ1n) is 9.21. The minimum absolute atomic E-state index is 0.311. The first-order valence-corrected chi connectivity index (χ1v) is 9.59. The lowest BCUT2D eigenvalue weighted by molar-refractivity contribution is 0.404. The number of oxazole rings is 1. The van der Waals surface area contributed by atoms with E-state index in [1.165, 1.54) is 0 Å². The maximum Gasteiger partial charge on any atom is 0.245 e. The van der Waals surface area contributed by atoms with Crippen LogP contribution in [0.3, 0.4) is 0 Å². The van der Waals surface area contributed by atoms with Crippen LogP contribution in [0.2, 0.25) is 5.02 Å². The van der Waals surface area contributed by atoms with Crippen LogP contribution < -0.4 is 4.90 Å². The van der Waals surface area contributed by atoms with Gasteiger partial charge in [0.15, 0.2) is 11.5 Å².